The lowest BCUT2D eigenvalue weighted by atomic mass is 9.74. The van der Waals surface area contributed by atoms with E-state index in [1.165, 1.54) is 6.42 Å². The Balaban J connectivity index is 1.41. The number of likely N-dealkylation sites (tertiary alicyclic amines) is 1. The van der Waals surface area contributed by atoms with Gasteiger partial charge in [-0.15, -0.1) is 0 Å². The van der Waals surface area contributed by atoms with Crippen molar-refractivity contribution < 1.29 is 19.1 Å². The third kappa shape index (κ3) is 3.57. The number of ether oxygens (including phenoxy) is 1. The number of amides is 3. The Hall–Kier alpha value is -1.89. The van der Waals surface area contributed by atoms with Crippen LogP contribution in [0.25, 0.3) is 0 Å². The fraction of sp³-hybridized carbons (Fsp3) is 0.800. The molecule has 3 heterocycles. The zero-order valence-electron chi connectivity index (χ0n) is 19.3. The topological polar surface area (TPSA) is 87.7 Å². The predicted octanol–water partition coefficient (Wildman–Crippen LogP) is 2.30. The summed E-state index contributed by atoms with van der Waals surface area (Å²) in [5.74, 6) is -1.31. The van der Waals surface area contributed by atoms with E-state index in [9.17, 15) is 14.4 Å². The number of carbonyl (C=O) groups is 3. The highest BCUT2D eigenvalue weighted by molar-refractivity contribution is 6.00. The van der Waals surface area contributed by atoms with E-state index in [0.29, 0.717) is 6.54 Å². The van der Waals surface area contributed by atoms with Crippen molar-refractivity contribution in [3.8, 4) is 0 Å². The van der Waals surface area contributed by atoms with Gasteiger partial charge < -0.3 is 20.3 Å². The summed E-state index contributed by atoms with van der Waals surface area (Å²) in [5.41, 5.74) is -1.03. The summed E-state index contributed by atoms with van der Waals surface area (Å²) < 4.78 is 6.39. The molecule has 7 nitrogen and oxygen atoms in total. The van der Waals surface area contributed by atoms with Gasteiger partial charge in [0.15, 0.2) is 0 Å². The van der Waals surface area contributed by atoms with Crippen LogP contribution in [0.1, 0.15) is 71.6 Å². The van der Waals surface area contributed by atoms with Gasteiger partial charge in [0.25, 0.3) is 0 Å². The molecule has 0 unspecified atom stereocenters. The summed E-state index contributed by atoms with van der Waals surface area (Å²) in [6.07, 6.45) is 13.1. The summed E-state index contributed by atoms with van der Waals surface area (Å²) in [6.45, 7) is 4.58. The van der Waals surface area contributed by atoms with E-state index >= 15 is 0 Å². The predicted molar refractivity (Wildman–Crippen MR) is 119 cm³/mol. The molecule has 0 aromatic rings. The lowest BCUT2D eigenvalue weighted by Gasteiger charge is -2.33. The minimum atomic E-state index is -1.03. The summed E-state index contributed by atoms with van der Waals surface area (Å²) in [6, 6.07) is -0.362. The minimum Gasteiger partial charge on any atom is -0.359 e. The average molecular weight is 444 g/mol. The quantitative estimate of drug-likeness (QED) is 0.617. The number of carbonyl (C=O) groups excluding carboxylic acids is 3. The first kappa shape index (κ1) is 21.9. The maximum atomic E-state index is 13.7. The third-order valence-electron chi connectivity index (χ3n) is 8.14. The van der Waals surface area contributed by atoms with Crippen LogP contribution in [-0.2, 0) is 19.1 Å². The van der Waals surface area contributed by atoms with Gasteiger partial charge >= 0.3 is 0 Å². The lowest BCUT2D eigenvalue weighted by Crippen LogP contribution is -2.56. The number of nitrogens with zero attached hydrogens (tertiary/aromatic N) is 1. The molecule has 2 aliphatic carbocycles. The van der Waals surface area contributed by atoms with Crippen LogP contribution in [-0.4, -0.2) is 59.0 Å². The van der Waals surface area contributed by atoms with Gasteiger partial charge in [0.2, 0.25) is 17.7 Å². The van der Waals surface area contributed by atoms with E-state index in [-0.39, 0.29) is 35.7 Å². The second-order valence-corrected chi connectivity index (χ2v) is 10.9. The van der Waals surface area contributed by atoms with Gasteiger partial charge in [-0.05, 0) is 31.6 Å². The Bertz CT molecular complexity index is 799. The van der Waals surface area contributed by atoms with Crippen LogP contribution in [0, 0.1) is 17.8 Å². The molecule has 0 radical (unpaired) electrons. The van der Waals surface area contributed by atoms with Crippen LogP contribution in [0.2, 0.25) is 0 Å². The van der Waals surface area contributed by atoms with Gasteiger partial charge in [0.05, 0.1) is 17.9 Å². The van der Waals surface area contributed by atoms with Crippen molar-refractivity contribution in [2.45, 2.75) is 101 Å². The second-order valence-electron chi connectivity index (χ2n) is 10.9. The van der Waals surface area contributed by atoms with E-state index in [1.807, 2.05) is 26.0 Å². The molecule has 2 bridgehead atoms. The highest BCUT2D eigenvalue weighted by Gasteiger charge is 2.72. The number of nitrogens with one attached hydrogen (secondary N) is 2. The number of hydrogen-bond acceptors (Lipinski definition) is 4. The molecule has 2 saturated carbocycles. The summed E-state index contributed by atoms with van der Waals surface area (Å²) >= 11 is 0. The van der Waals surface area contributed by atoms with E-state index in [4.69, 9.17) is 4.74 Å². The molecular weight excluding hydrogens is 406 g/mol. The average Bonchev–Trinajstić information content (AvgIpc) is 3.51. The molecule has 5 atom stereocenters. The number of rotatable bonds is 6. The van der Waals surface area contributed by atoms with Crippen molar-refractivity contribution in [1.82, 2.24) is 15.5 Å². The van der Waals surface area contributed by atoms with Crippen molar-refractivity contribution in [2.24, 2.45) is 17.8 Å². The molecule has 0 aromatic heterocycles. The third-order valence-corrected chi connectivity index (χ3v) is 8.14. The molecule has 3 amide bonds. The molecule has 3 aliphatic heterocycles. The maximum Gasteiger partial charge on any atom is 0.246 e. The molecule has 5 aliphatic rings. The number of fused-ring (bicyclic) bond motifs is 1. The Morgan fingerprint density at radius 1 is 1.03 bits per heavy atom. The van der Waals surface area contributed by atoms with Gasteiger partial charge in [-0.2, -0.15) is 0 Å². The van der Waals surface area contributed by atoms with Crippen molar-refractivity contribution in [3.05, 3.63) is 12.2 Å². The first-order valence-corrected chi connectivity index (χ1v) is 12.7. The van der Waals surface area contributed by atoms with Crippen LogP contribution in [0.15, 0.2) is 12.2 Å². The van der Waals surface area contributed by atoms with E-state index in [0.717, 1.165) is 51.4 Å². The summed E-state index contributed by atoms with van der Waals surface area (Å²) in [7, 11) is 0. The SMILES string of the molecule is CC(C)CN1C(=O)[C@H]2[C@@H](C(=O)NC3CCCCC3)[C@H]3C=C[C@@]2(O3)[C@@H]1C(=O)NC1CCCC1. The van der Waals surface area contributed by atoms with Crippen LogP contribution in [0.3, 0.4) is 0 Å². The van der Waals surface area contributed by atoms with Gasteiger partial charge in [0.1, 0.15) is 11.6 Å². The lowest BCUT2D eigenvalue weighted by molar-refractivity contribution is -0.142. The largest absolute Gasteiger partial charge is 0.359 e. The molecule has 4 fully saturated rings. The molecule has 2 saturated heterocycles. The number of hydrogen-bond donors (Lipinski definition) is 2. The van der Waals surface area contributed by atoms with Crippen LogP contribution >= 0.6 is 0 Å². The van der Waals surface area contributed by atoms with Gasteiger partial charge in [-0.1, -0.05) is 58.1 Å². The first-order valence-electron chi connectivity index (χ1n) is 12.7. The normalized spacial score (nSPS) is 36.8. The Labute approximate surface area is 190 Å². The highest BCUT2D eigenvalue weighted by Crippen LogP contribution is 2.55. The van der Waals surface area contributed by atoms with Gasteiger partial charge in [0, 0.05) is 18.6 Å². The zero-order chi connectivity index (χ0) is 22.5. The van der Waals surface area contributed by atoms with Crippen molar-refractivity contribution in [1.29, 1.82) is 0 Å². The molecule has 176 valence electrons. The van der Waals surface area contributed by atoms with Crippen molar-refractivity contribution in [2.75, 3.05) is 6.54 Å². The summed E-state index contributed by atoms with van der Waals surface area (Å²) in [5, 5.41) is 6.41. The fourth-order valence-electron chi connectivity index (χ4n) is 6.75. The summed E-state index contributed by atoms with van der Waals surface area (Å²) in [4.78, 5) is 42.3. The highest BCUT2D eigenvalue weighted by atomic mass is 16.5. The molecule has 1 spiro atoms. The monoisotopic (exact) mass is 443 g/mol. The van der Waals surface area contributed by atoms with Crippen LogP contribution < -0.4 is 10.6 Å². The fourth-order valence-corrected chi connectivity index (χ4v) is 6.75. The van der Waals surface area contributed by atoms with Gasteiger partial charge in [-0.3, -0.25) is 14.4 Å². The van der Waals surface area contributed by atoms with Crippen molar-refractivity contribution in [3.63, 3.8) is 0 Å². The van der Waals surface area contributed by atoms with E-state index in [1.54, 1.807) is 4.90 Å². The van der Waals surface area contributed by atoms with Gasteiger partial charge in [-0.25, -0.2) is 0 Å². The minimum absolute atomic E-state index is 0.0900. The Kier molecular flexibility index (Phi) is 5.81. The van der Waals surface area contributed by atoms with Crippen LogP contribution in [0.4, 0.5) is 0 Å². The molecule has 0 aromatic carbocycles. The smallest absolute Gasteiger partial charge is 0.246 e. The Morgan fingerprint density at radius 3 is 2.25 bits per heavy atom. The molecule has 7 heteroatoms. The molecular formula is C25H37N3O4. The standard InChI is InChI=1S/C25H37N3O4/c1-15(2)14-28-21(23(30)27-17-10-6-7-11-17)25-13-12-18(32-25)19(20(25)24(28)31)22(29)26-16-8-4-3-5-9-16/h12-13,15-21H,3-11,14H2,1-2H3,(H,26,29)(H,27,30)/t18-,19+,20-,21+,25+/m1/s1. The maximum absolute atomic E-state index is 13.7. The molecule has 32 heavy (non-hydrogen) atoms. The molecule has 2 N–H and O–H groups in total. The second kappa shape index (κ2) is 8.47. The van der Waals surface area contributed by atoms with Crippen molar-refractivity contribution >= 4 is 17.7 Å². The van der Waals surface area contributed by atoms with E-state index in [2.05, 4.69) is 10.6 Å². The molecule has 5 rings (SSSR count). The van der Waals surface area contributed by atoms with E-state index < -0.39 is 29.6 Å². The zero-order valence-corrected chi connectivity index (χ0v) is 19.3. The van der Waals surface area contributed by atoms with Crippen LogP contribution in [0.5, 0.6) is 0 Å². The first-order chi connectivity index (χ1) is 15.4. The Morgan fingerprint density at radius 2 is 1.62 bits per heavy atom.